The lowest BCUT2D eigenvalue weighted by Gasteiger charge is -2.43. The second kappa shape index (κ2) is 5.17. The van der Waals surface area contributed by atoms with Gasteiger partial charge in [0, 0.05) is 13.1 Å². The van der Waals surface area contributed by atoms with Crippen molar-refractivity contribution in [1.82, 2.24) is 4.90 Å². The van der Waals surface area contributed by atoms with Crippen LogP contribution in [-0.4, -0.2) is 25.0 Å². The number of rotatable bonds is 5. The van der Waals surface area contributed by atoms with Gasteiger partial charge in [0.25, 0.3) is 0 Å². The monoisotopic (exact) mass is 302 g/mol. The summed E-state index contributed by atoms with van der Waals surface area (Å²) in [7, 11) is 2.20. The third-order valence-electron chi connectivity index (χ3n) is 3.53. The van der Waals surface area contributed by atoms with Gasteiger partial charge < -0.3 is 10.6 Å². The van der Waals surface area contributed by atoms with Gasteiger partial charge in [-0.1, -0.05) is 6.42 Å². The van der Waals surface area contributed by atoms with E-state index in [9.17, 15) is 0 Å². The van der Waals surface area contributed by atoms with Gasteiger partial charge in [0.05, 0.1) is 3.79 Å². The summed E-state index contributed by atoms with van der Waals surface area (Å²) in [6.45, 7) is 3.01. The molecule has 0 aromatic carbocycles. The Kier molecular flexibility index (Phi) is 4.06. The second-order valence-corrected chi connectivity index (χ2v) is 7.28. The SMILES string of the molecule is CN(Cc1csc(Br)c1)CC1(CN)CCC1. The Balaban J connectivity index is 1.86. The molecule has 90 valence electrons. The molecule has 16 heavy (non-hydrogen) atoms. The highest BCUT2D eigenvalue weighted by molar-refractivity contribution is 9.11. The van der Waals surface area contributed by atoms with Crippen LogP contribution in [0.25, 0.3) is 0 Å². The van der Waals surface area contributed by atoms with Crippen LogP contribution in [-0.2, 0) is 6.54 Å². The van der Waals surface area contributed by atoms with Crippen molar-refractivity contribution >= 4 is 27.3 Å². The summed E-state index contributed by atoms with van der Waals surface area (Å²) >= 11 is 5.26. The molecule has 1 aromatic rings. The smallest absolute Gasteiger partial charge is 0.0701 e. The van der Waals surface area contributed by atoms with E-state index in [1.807, 2.05) is 0 Å². The molecule has 1 heterocycles. The summed E-state index contributed by atoms with van der Waals surface area (Å²) < 4.78 is 1.22. The number of nitrogens with zero attached hydrogens (tertiary/aromatic N) is 1. The lowest BCUT2D eigenvalue weighted by Crippen LogP contribution is -2.45. The highest BCUT2D eigenvalue weighted by Gasteiger charge is 2.36. The predicted octanol–water partition coefficient (Wildman–Crippen LogP) is 3.07. The van der Waals surface area contributed by atoms with E-state index >= 15 is 0 Å². The number of nitrogens with two attached hydrogens (primary N) is 1. The maximum atomic E-state index is 5.88. The van der Waals surface area contributed by atoms with Crippen LogP contribution in [0.15, 0.2) is 15.2 Å². The first kappa shape index (κ1) is 12.6. The molecule has 1 aliphatic rings. The highest BCUT2D eigenvalue weighted by atomic mass is 79.9. The summed E-state index contributed by atoms with van der Waals surface area (Å²) in [6, 6.07) is 2.21. The number of thiophene rings is 1. The van der Waals surface area contributed by atoms with Gasteiger partial charge in [-0.05, 0) is 64.8 Å². The third-order valence-corrected chi connectivity index (χ3v) is 5.08. The van der Waals surface area contributed by atoms with Gasteiger partial charge in [-0.15, -0.1) is 11.3 Å². The Labute approximate surface area is 110 Å². The predicted molar refractivity (Wildman–Crippen MR) is 73.7 cm³/mol. The molecule has 0 aliphatic heterocycles. The van der Waals surface area contributed by atoms with Crippen molar-refractivity contribution in [3.05, 3.63) is 20.8 Å². The summed E-state index contributed by atoms with van der Waals surface area (Å²) in [5.41, 5.74) is 7.70. The third kappa shape index (κ3) is 2.86. The maximum Gasteiger partial charge on any atom is 0.0701 e. The van der Waals surface area contributed by atoms with Crippen LogP contribution < -0.4 is 5.73 Å². The van der Waals surface area contributed by atoms with Gasteiger partial charge >= 0.3 is 0 Å². The Morgan fingerprint density at radius 3 is 2.75 bits per heavy atom. The Morgan fingerprint density at radius 2 is 2.31 bits per heavy atom. The van der Waals surface area contributed by atoms with Gasteiger partial charge in [-0.25, -0.2) is 0 Å². The first-order valence-corrected chi connectivity index (χ1v) is 7.42. The molecule has 1 fully saturated rings. The summed E-state index contributed by atoms with van der Waals surface area (Å²) in [6.07, 6.45) is 3.97. The van der Waals surface area contributed by atoms with E-state index in [1.54, 1.807) is 11.3 Å². The van der Waals surface area contributed by atoms with Crippen LogP contribution >= 0.6 is 27.3 Å². The normalized spacial score (nSPS) is 18.8. The number of hydrogen-bond acceptors (Lipinski definition) is 3. The van der Waals surface area contributed by atoms with Gasteiger partial charge in [0.2, 0.25) is 0 Å². The van der Waals surface area contributed by atoms with Crippen molar-refractivity contribution in [3.63, 3.8) is 0 Å². The molecule has 4 heteroatoms. The Hall–Kier alpha value is 0.1000. The van der Waals surface area contributed by atoms with Crippen LogP contribution in [0.2, 0.25) is 0 Å². The van der Waals surface area contributed by atoms with Gasteiger partial charge in [0.15, 0.2) is 0 Å². The fraction of sp³-hybridized carbons (Fsp3) is 0.667. The molecule has 2 N–H and O–H groups in total. The van der Waals surface area contributed by atoms with E-state index in [-0.39, 0.29) is 0 Å². The van der Waals surface area contributed by atoms with Gasteiger partial charge in [-0.2, -0.15) is 0 Å². The molecule has 0 atom stereocenters. The number of halogens is 1. The minimum atomic E-state index is 0.419. The maximum absolute atomic E-state index is 5.88. The molecule has 2 nitrogen and oxygen atoms in total. The molecule has 1 aliphatic carbocycles. The molecule has 1 aromatic heterocycles. The van der Waals surface area contributed by atoms with Crippen molar-refractivity contribution in [1.29, 1.82) is 0 Å². The lowest BCUT2D eigenvalue weighted by atomic mass is 9.68. The van der Waals surface area contributed by atoms with E-state index in [0.29, 0.717) is 5.41 Å². The van der Waals surface area contributed by atoms with E-state index in [1.165, 1.54) is 28.6 Å². The minimum absolute atomic E-state index is 0.419. The van der Waals surface area contributed by atoms with Crippen LogP contribution in [0.3, 0.4) is 0 Å². The zero-order valence-corrected chi connectivity index (χ0v) is 12.1. The van der Waals surface area contributed by atoms with Crippen LogP contribution in [0.5, 0.6) is 0 Å². The molecular weight excluding hydrogens is 284 g/mol. The molecule has 1 saturated carbocycles. The van der Waals surface area contributed by atoms with Crippen molar-refractivity contribution in [3.8, 4) is 0 Å². The number of hydrogen-bond donors (Lipinski definition) is 1. The molecule has 0 saturated heterocycles. The minimum Gasteiger partial charge on any atom is -0.330 e. The molecule has 0 radical (unpaired) electrons. The first-order chi connectivity index (χ1) is 7.63. The Bertz CT molecular complexity index is 341. The average molecular weight is 303 g/mol. The first-order valence-electron chi connectivity index (χ1n) is 5.75. The van der Waals surface area contributed by atoms with Crippen LogP contribution in [0.4, 0.5) is 0 Å². The summed E-state index contributed by atoms with van der Waals surface area (Å²) in [4.78, 5) is 2.40. The molecule has 0 bridgehead atoms. The molecule has 0 spiro atoms. The molecule has 0 amide bonds. The zero-order chi connectivity index (χ0) is 11.6. The largest absolute Gasteiger partial charge is 0.330 e. The quantitative estimate of drug-likeness (QED) is 0.906. The fourth-order valence-electron chi connectivity index (χ4n) is 2.47. The van der Waals surface area contributed by atoms with Crippen molar-refractivity contribution in [2.24, 2.45) is 11.1 Å². The fourth-order valence-corrected chi connectivity index (χ4v) is 3.67. The summed E-state index contributed by atoms with van der Waals surface area (Å²) in [5.74, 6) is 0. The standard InChI is InChI=1S/C12H19BrN2S/c1-15(6-10-5-11(13)16-7-10)9-12(8-14)3-2-4-12/h5,7H,2-4,6,8-9,14H2,1H3. The van der Waals surface area contributed by atoms with Crippen molar-refractivity contribution in [2.75, 3.05) is 20.1 Å². The van der Waals surface area contributed by atoms with Gasteiger partial charge in [0.1, 0.15) is 0 Å². The van der Waals surface area contributed by atoms with E-state index in [4.69, 9.17) is 5.73 Å². The topological polar surface area (TPSA) is 29.3 Å². The van der Waals surface area contributed by atoms with Gasteiger partial charge in [-0.3, -0.25) is 0 Å². The average Bonchev–Trinajstić information content (AvgIpc) is 2.57. The van der Waals surface area contributed by atoms with Crippen LogP contribution in [0, 0.1) is 5.41 Å². The van der Waals surface area contributed by atoms with Crippen molar-refractivity contribution < 1.29 is 0 Å². The summed E-state index contributed by atoms with van der Waals surface area (Å²) in [5, 5.41) is 2.22. The second-order valence-electron chi connectivity index (χ2n) is 4.99. The van der Waals surface area contributed by atoms with E-state index in [0.717, 1.165) is 19.6 Å². The molecule has 0 unspecified atom stereocenters. The molecule has 2 rings (SSSR count). The highest BCUT2D eigenvalue weighted by Crippen LogP contribution is 2.40. The Morgan fingerprint density at radius 1 is 1.56 bits per heavy atom. The molecular formula is C12H19BrN2S. The van der Waals surface area contributed by atoms with E-state index < -0.39 is 0 Å². The van der Waals surface area contributed by atoms with Crippen molar-refractivity contribution in [2.45, 2.75) is 25.8 Å². The van der Waals surface area contributed by atoms with Crippen LogP contribution in [0.1, 0.15) is 24.8 Å². The lowest BCUT2D eigenvalue weighted by molar-refractivity contribution is 0.0846. The zero-order valence-electron chi connectivity index (χ0n) is 9.71. The van der Waals surface area contributed by atoms with E-state index in [2.05, 4.69) is 39.3 Å².